The third-order valence-corrected chi connectivity index (χ3v) is 9.08. The van der Waals surface area contributed by atoms with Gasteiger partial charge in [0.25, 0.3) is 0 Å². The van der Waals surface area contributed by atoms with Crippen molar-refractivity contribution in [3.8, 4) is 0 Å². The zero-order valence-electron chi connectivity index (χ0n) is 20.3. The number of rotatable bonds is 7. The highest BCUT2D eigenvalue weighted by molar-refractivity contribution is 5.90. The lowest BCUT2D eigenvalue weighted by Gasteiger charge is -2.59. The first kappa shape index (κ1) is 25.8. The highest BCUT2D eigenvalue weighted by Crippen LogP contribution is 2.62. The van der Waals surface area contributed by atoms with E-state index in [2.05, 4.69) is 20.4 Å². The molecule has 0 aromatic carbocycles. The van der Waals surface area contributed by atoms with Crippen molar-refractivity contribution in [2.24, 2.45) is 22.7 Å². The summed E-state index contributed by atoms with van der Waals surface area (Å²) in [4.78, 5) is 11.9. The second kappa shape index (κ2) is 9.99. The van der Waals surface area contributed by atoms with Crippen LogP contribution in [-0.2, 0) is 19.0 Å². The van der Waals surface area contributed by atoms with Crippen LogP contribution >= 0.6 is 0 Å². The number of hydrogen-bond donors (Lipinski definition) is 4. The van der Waals surface area contributed by atoms with Crippen molar-refractivity contribution in [2.45, 2.75) is 89.5 Å². The van der Waals surface area contributed by atoms with E-state index in [0.717, 1.165) is 44.1 Å². The van der Waals surface area contributed by atoms with Gasteiger partial charge in [-0.15, -0.1) is 0 Å². The number of hydrogen-bond acceptors (Lipinski definition) is 8. The molecule has 0 unspecified atom stereocenters. The molecule has 8 nitrogen and oxygen atoms in total. The monoisotopic (exact) mass is 480 g/mol. The Morgan fingerprint density at radius 2 is 1.94 bits per heavy atom. The lowest BCUT2D eigenvalue weighted by molar-refractivity contribution is -0.309. The summed E-state index contributed by atoms with van der Waals surface area (Å²) in [7, 11) is 0. The van der Waals surface area contributed by atoms with Crippen LogP contribution in [0, 0.1) is 22.7 Å². The zero-order chi connectivity index (χ0) is 24.7. The van der Waals surface area contributed by atoms with Gasteiger partial charge in [-0.25, -0.2) is 4.79 Å². The Kier molecular flexibility index (Phi) is 7.58. The minimum absolute atomic E-state index is 0.0180. The summed E-state index contributed by atoms with van der Waals surface area (Å²) in [6, 6.07) is 0. The van der Waals surface area contributed by atoms with E-state index in [4.69, 9.17) is 14.2 Å². The number of ether oxygens (including phenoxy) is 3. The van der Waals surface area contributed by atoms with E-state index >= 15 is 0 Å². The number of aliphatic hydroxyl groups is 4. The van der Waals surface area contributed by atoms with E-state index < -0.39 is 37.3 Å². The van der Waals surface area contributed by atoms with Gasteiger partial charge in [-0.2, -0.15) is 0 Å². The van der Waals surface area contributed by atoms with Crippen LogP contribution in [0.25, 0.3) is 0 Å². The van der Waals surface area contributed by atoms with E-state index in [0.29, 0.717) is 31.5 Å². The van der Waals surface area contributed by atoms with Gasteiger partial charge in [-0.05, 0) is 67.3 Å². The van der Waals surface area contributed by atoms with Crippen molar-refractivity contribution in [1.29, 1.82) is 0 Å². The Hall–Kier alpha value is -1.29. The number of fused-ring (bicyclic) bond motifs is 1. The van der Waals surface area contributed by atoms with Crippen LogP contribution in [0.1, 0.15) is 58.8 Å². The van der Waals surface area contributed by atoms with Crippen LogP contribution in [0.3, 0.4) is 0 Å². The van der Waals surface area contributed by atoms with Crippen molar-refractivity contribution in [3.63, 3.8) is 0 Å². The highest BCUT2D eigenvalue weighted by Gasteiger charge is 2.55. The zero-order valence-corrected chi connectivity index (χ0v) is 20.3. The SMILES string of the molecule is C=C1CC[C@H]2[C@@](C)(CO[C@H]3O[C@@H](CO)[C@H](O)[C@@H](O)[C@@H]3O)CCC[C@]2(C)[C@H]1CCC1=CCOC1=O. The van der Waals surface area contributed by atoms with Crippen molar-refractivity contribution in [1.82, 2.24) is 0 Å². The number of aliphatic hydroxyl groups excluding tert-OH is 4. The summed E-state index contributed by atoms with van der Waals surface area (Å²) in [5.41, 5.74) is 1.87. The van der Waals surface area contributed by atoms with E-state index in [9.17, 15) is 25.2 Å². The summed E-state index contributed by atoms with van der Waals surface area (Å²) in [6.07, 6.45) is 2.15. The number of esters is 1. The summed E-state index contributed by atoms with van der Waals surface area (Å²) < 4.78 is 16.7. The molecule has 9 atom stereocenters. The molecule has 0 bridgehead atoms. The molecule has 1 saturated heterocycles. The quantitative estimate of drug-likeness (QED) is 0.321. The first-order valence-electron chi connectivity index (χ1n) is 12.6. The topological polar surface area (TPSA) is 126 Å². The van der Waals surface area contributed by atoms with E-state index in [1.807, 2.05) is 6.08 Å². The van der Waals surface area contributed by atoms with Crippen molar-refractivity contribution >= 4 is 5.97 Å². The summed E-state index contributed by atoms with van der Waals surface area (Å²) in [6.45, 7) is 9.21. The molecule has 2 aliphatic heterocycles. The number of carbonyl (C=O) groups is 1. The van der Waals surface area contributed by atoms with Crippen LogP contribution in [-0.4, -0.2) is 76.9 Å². The molecular formula is C26H40O8. The fraction of sp³-hybridized carbons (Fsp3) is 0.808. The van der Waals surface area contributed by atoms with Gasteiger partial charge < -0.3 is 34.6 Å². The highest BCUT2D eigenvalue weighted by atomic mass is 16.7. The fourth-order valence-corrected chi connectivity index (χ4v) is 7.17. The third kappa shape index (κ3) is 4.61. The molecule has 4 N–H and O–H groups in total. The first-order chi connectivity index (χ1) is 16.1. The predicted molar refractivity (Wildman–Crippen MR) is 123 cm³/mol. The molecule has 3 fully saturated rings. The molecule has 0 amide bonds. The molecular weight excluding hydrogens is 440 g/mol. The Bertz CT molecular complexity index is 809. The molecule has 192 valence electrons. The predicted octanol–water partition coefficient (Wildman–Crippen LogP) is 1.85. The second-order valence-electron chi connectivity index (χ2n) is 11.2. The number of allylic oxidation sites excluding steroid dienone is 1. The molecule has 0 radical (unpaired) electrons. The molecule has 2 aliphatic carbocycles. The summed E-state index contributed by atoms with van der Waals surface area (Å²) in [5.74, 6) is 0.454. The average molecular weight is 481 g/mol. The molecule has 34 heavy (non-hydrogen) atoms. The lowest BCUT2D eigenvalue weighted by Crippen LogP contribution is -2.60. The lowest BCUT2D eigenvalue weighted by atomic mass is 9.47. The molecule has 2 heterocycles. The normalized spacial score (nSPS) is 45.0. The van der Waals surface area contributed by atoms with E-state index in [1.54, 1.807) is 0 Å². The summed E-state index contributed by atoms with van der Waals surface area (Å²) in [5, 5.41) is 40.0. The average Bonchev–Trinajstić information content (AvgIpc) is 3.21. The van der Waals surface area contributed by atoms with Crippen LogP contribution < -0.4 is 0 Å². The molecule has 0 aromatic rings. The largest absolute Gasteiger partial charge is 0.458 e. The molecule has 2 saturated carbocycles. The van der Waals surface area contributed by atoms with Crippen LogP contribution in [0.5, 0.6) is 0 Å². The number of cyclic esters (lactones) is 1. The Labute approximate surface area is 201 Å². The van der Waals surface area contributed by atoms with Gasteiger partial charge in [0.2, 0.25) is 0 Å². The maximum absolute atomic E-state index is 11.9. The van der Waals surface area contributed by atoms with E-state index in [1.165, 1.54) is 5.57 Å². The smallest absolute Gasteiger partial charge is 0.334 e. The van der Waals surface area contributed by atoms with Gasteiger partial charge in [0.1, 0.15) is 31.0 Å². The maximum Gasteiger partial charge on any atom is 0.334 e. The van der Waals surface area contributed by atoms with Gasteiger partial charge in [-0.1, -0.05) is 32.4 Å². The fourth-order valence-electron chi connectivity index (χ4n) is 7.17. The van der Waals surface area contributed by atoms with Crippen LogP contribution in [0.4, 0.5) is 0 Å². The molecule has 8 heteroatoms. The Morgan fingerprint density at radius 3 is 2.62 bits per heavy atom. The second-order valence-corrected chi connectivity index (χ2v) is 11.2. The van der Waals surface area contributed by atoms with Crippen LogP contribution in [0.2, 0.25) is 0 Å². The van der Waals surface area contributed by atoms with E-state index in [-0.39, 0.29) is 16.8 Å². The molecule has 0 spiro atoms. The minimum Gasteiger partial charge on any atom is -0.458 e. The minimum atomic E-state index is -1.45. The van der Waals surface area contributed by atoms with Gasteiger partial charge in [0.15, 0.2) is 6.29 Å². The molecule has 4 aliphatic rings. The third-order valence-electron chi connectivity index (χ3n) is 9.08. The first-order valence-corrected chi connectivity index (χ1v) is 12.6. The summed E-state index contributed by atoms with van der Waals surface area (Å²) >= 11 is 0. The van der Waals surface area contributed by atoms with Crippen molar-refractivity contribution < 1.29 is 39.4 Å². The molecule has 0 aromatic heterocycles. The Morgan fingerprint density at radius 1 is 1.18 bits per heavy atom. The van der Waals surface area contributed by atoms with Gasteiger partial charge >= 0.3 is 5.97 Å². The van der Waals surface area contributed by atoms with Crippen molar-refractivity contribution in [3.05, 3.63) is 23.8 Å². The van der Waals surface area contributed by atoms with Gasteiger partial charge in [0.05, 0.1) is 13.2 Å². The van der Waals surface area contributed by atoms with Gasteiger partial charge in [0, 0.05) is 5.57 Å². The number of carbonyl (C=O) groups excluding carboxylic acids is 1. The maximum atomic E-state index is 11.9. The van der Waals surface area contributed by atoms with Crippen molar-refractivity contribution in [2.75, 3.05) is 19.8 Å². The standard InChI is InChI=1S/C26H40O8/c1-15-5-8-19-25(2,14-33-24-22(30)21(29)20(28)18(13-27)34-24)10-4-11-26(19,3)17(15)7-6-16-9-12-32-23(16)31/h9,17-22,24,27-30H,1,4-8,10-14H2,2-3H3/t17-,18-,19-,20-,21+,22-,24-,25+,26+/m0/s1. The molecule has 4 rings (SSSR count). The van der Waals surface area contributed by atoms with Crippen LogP contribution in [0.15, 0.2) is 23.8 Å². The Balaban J connectivity index is 1.46. The van der Waals surface area contributed by atoms with Gasteiger partial charge in [-0.3, -0.25) is 0 Å².